The topological polar surface area (TPSA) is 27.0 Å². The Hall–Kier alpha value is -2.53. The monoisotopic (exact) mass is 568 g/mol. The fourth-order valence-corrected chi connectivity index (χ4v) is 6.01. The van der Waals surface area contributed by atoms with E-state index in [9.17, 15) is 26.3 Å². The van der Waals surface area contributed by atoms with Crippen molar-refractivity contribution in [3.63, 3.8) is 0 Å². The zero-order valence-corrected chi connectivity index (χ0v) is 23.9. The Morgan fingerprint density at radius 3 is 1.80 bits per heavy atom. The van der Waals surface area contributed by atoms with Crippen molar-refractivity contribution < 1.29 is 26.3 Å². The predicted molar refractivity (Wildman–Crippen MR) is 148 cm³/mol. The number of aryl methyl sites for hydroxylation is 1. The molecule has 0 amide bonds. The van der Waals surface area contributed by atoms with Crippen LogP contribution in [0.25, 0.3) is 0 Å². The number of benzene rings is 2. The summed E-state index contributed by atoms with van der Waals surface area (Å²) in [6.45, 7) is 8.88. The molecule has 0 aromatic heterocycles. The lowest BCUT2D eigenvalue weighted by Gasteiger charge is -2.40. The van der Waals surface area contributed by atoms with Crippen LogP contribution < -0.4 is 0 Å². The lowest BCUT2D eigenvalue weighted by atomic mass is 9.68. The van der Waals surface area contributed by atoms with E-state index in [1.54, 1.807) is 18.2 Å². The number of hydrogen-bond donors (Lipinski definition) is 0. The molecule has 0 spiro atoms. The van der Waals surface area contributed by atoms with Crippen molar-refractivity contribution in [2.75, 3.05) is 6.54 Å². The summed E-state index contributed by atoms with van der Waals surface area (Å²) in [5.74, 6) is -5.51. The molecule has 2 aromatic rings. The average Bonchev–Trinajstić information content (AvgIpc) is 2.90. The molecule has 0 radical (unpaired) electrons. The van der Waals surface area contributed by atoms with Gasteiger partial charge in [-0.05, 0) is 69.1 Å². The molecule has 1 aliphatic carbocycles. The second-order valence-corrected chi connectivity index (χ2v) is 10.9. The highest BCUT2D eigenvalue weighted by Crippen LogP contribution is 2.53. The number of rotatable bonds is 10. The maximum absolute atomic E-state index is 13.7. The van der Waals surface area contributed by atoms with E-state index in [0.29, 0.717) is 12.1 Å². The molecular formula is C32H42F6N2. The molecule has 1 aliphatic rings. The van der Waals surface area contributed by atoms with Gasteiger partial charge in [0.05, 0.1) is 17.9 Å². The first-order chi connectivity index (χ1) is 18.8. The zero-order chi connectivity index (χ0) is 29.9. The van der Waals surface area contributed by atoms with Crippen LogP contribution in [0.3, 0.4) is 0 Å². The van der Waals surface area contributed by atoms with Gasteiger partial charge in [-0.15, -0.1) is 0 Å². The Kier molecular flexibility index (Phi) is 13.0. The van der Waals surface area contributed by atoms with E-state index < -0.39 is 30.1 Å². The second kappa shape index (κ2) is 15.5. The van der Waals surface area contributed by atoms with E-state index in [2.05, 4.69) is 37.8 Å². The SMILES string of the molecule is CC#N.CCC(CCc1ccc(C2C(C(F)(F)F)CCCC2C(F)(F)F)cc1)N(CCc1ccccc1)C(C)C. The third-order valence-corrected chi connectivity index (χ3v) is 7.97. The second-order valence-electron chi connectivity index (χ2n) is 10.9. The van der Waals surface area contributed by atoms with E-state index in [-0.39, 0.29) is 24.8 Å². The lowest BCUT2D eigenvalue weighted by molar-refractivity contribution is -0.231. The van der Waals surface area contributed by atoms with Crippen LogP contribution in [0.1, 0.15) is 82.4 Å². The molecule has 1 saturated carbocycles. The maximum Gasteiger partial charge on any atom is 0.392 e. The first kappa shape index (κ1) is 33.7. The summed E-state index contributed by atoms with van der Waals surface area (Å²) in [4.78, 5) is 2.49. The largest absolute Gasteiger partial charge is 0.392 e. The van der Waals surface area contributed by atoms with Gasteiger partial charge in [-0.1, -0.05) is 67.9 Å². The highest BCUT2D eigenvalue weighted by Gasteiger charge is 2.56. The smallest absolute Gasteiger partial charge is 0.298 e. The molecule has 3 rings (SSSR count). The van der Waals surface area contributed by atoms with E-state index in [0.717, 1.165) is 37.8 Å². The molecule has 8 heteroatoms. The molecule has 0 saturated heterocycles. The summed E-state index contributed by atoms with van der Waals surface area (Å²) in [5.41, 5.74) is 2.37. The van der Waals surface area contributed by atoms with Crippen molar-refractivity contribution in [3.8, 4) is 6.07 Å². The molecule has 2 nitrogen and oxygen atoms in total. The van der Waals surface area contributed by atoms with Crippen molar-refractivity contribution in [2.24, 2.45) is 11.8 Å². The number of nitrogens with zero attached hydrogens (tertiary/aromatic N) is 2. The van der Waals surface area contributed by atoms with Gasteiger partial charge in [-0.3, -0.25) is 4.90 Å². The van der Waals surface area contributed by atoms with Crippen molar-refractivity contribution in [2.45, 2.75) is 103 Å². The highest BCUT2D eigenvalue weighted by molar-refractivity contribution is 5.28. The summed E-state index contributed by atoms with van der Waals surface area (Å²) >= 11 is 0. The molecule has 0 heterocycles. The maximum atomic E-state index is 13.7. The average molecular weight is 569 g/mol. The number of hydrogen-bond acceptors (Lipinski definition) is 2. The van der Waals surface area contributed by atoms with E-state index in [4.69, 9.17) is 5.26 Å². The first-order valence-corrected chi connectivity index (χ1v) is 14.2. The molecule has 3 atom stereocenters. The third kappa shape index (κ3) is 9.83. The Morgan fingerprint density at radius 2 is 1.35 bits per heavy atom. The Balaban J connectivity index is 0.00000178. The van der Waals surface area contributed by atoms with Gasteiger partial charge < -0.3 is 0 Å². The lowest BCUT2D eigenvalue weighted by Crippen LogP contribution is -2.42. The van der Waals surface area contributed by atoms with Crippen LogP contribution in [0.15, 0.2) is 54.6 Å². The molecule has 0 aliphatic heterocycles. The van der Waals surface area contributed by atoms with Gasteiger partial charge in [0.15, 0.2) is 0 Å². The quantitative estimate of drug-likeness (QED) is 0.267. The Bertz CT molecular complexity index is 1000. The molecule has 0 bridgehead atoms. The van der Waals surface area contributed by atoms with Crippen LogP contribution in [0.2, 0.25) is 0 Å². The fourth-order valence-electron chi connectivity index (χ4n) is 6.01. The molecule has 40 heavy (non-hydrogen) atoms. The van der Waals surface area contributed by atoms with Gasteiger partial charge in [0.2, 0.25) is 0 Å². The van der Waals surface area contributed by atoms with Crippen LogP contribution in [-0.2, 0) is 12.8 Å². The van der Waals surface area contributed by atoms with Crippen LogP contribution >= 0.6 is 0 Å². The summed E-state index contributed by atoms with van der Waals surface area (Å²) in [5, 5.41) is 7.32. The van der Waals surface area contributed by atoms with Gasteiger partial charge in [0, 0.05) is 31.5 Å². The van der Waals surface area contributed by atoms with Crippen LogP contribution in [-0.4, -0.2) is 35.9 Å². The van der Waals surface area contributed by atoms with Crippen LogP contribution in [0.5, 0.6) is 0 Å². The standard InChI is InChI=1S/C30H39F6N.C2H3N/c1-4-25(37(21(2)3)20-19-22-9-6-5-7-10-22)18-15-23-13-16-24(17-14-23)28-26(29(31,32)33)11-8-12-27(28)30(34,35)36;1-2-3/h5-7,9-10,13-14,16-17,21,25-28H,4,8,11-12,15,18-20H2,1-3H3;1H3. The normalized spacial score (nSPS) is 20.5. The molecule has 3 unspecified atom stereocenters. The zero-order valence-electron chi connectivity index (χ0n) is 23.9. The Morgan fingerprint density at radius 1 is 0.850 bits per heavy atom. The Labute approximate surface area is 235 Å². The summed E-state index contributed by atoms with van der Waals surface area (Å²) in [7, 11) is 0. The third-order valence-electron chi connectivity index (χ3n) is 7.97. The minimum Gasteiger partial charge on any atom is -0.298 e. The number of nitriles is 1. The van der Waals surface area contributed by atoms with Crippen molar-refractivity contribution >= 4 is 0 Å². The summed E-state index contributed by atoms with van der Waals surface area (Å²) in [6.07, 6.45) is -6.35. The van der Waals surface area contributed by atoms with Gasteiger partial charge in [0.1, 0.15) is 0 Å². The van der Waals surface area contributed by atoms with Gasteiger partial charge in [-0.2, -0.15) is 31.6 Å². The molecule has 0 N–H and O–H groups in total. The highest BCUT2D eigenvalue weighted by atomic mass is 19.4. The fraction of sp³-hybridized carbons (Fsp3) is 0.594. The van der Waals surface area contributed by atoms with Gasteiger partial charge >= 0.3 is 12.4 Å². The minimum atomic E-state index is -4.65. The van der Waals surface area contributed by atoms with Gasteiger partial charge in [0.25, 0.3) is 0 Å². The van der Waals surface area contributed by atoms with E-state index >= 15 is 0 Å². The molecular weight excluding hydrogens is 526 g/mol. The summed E-state index contributed by atoms with van der Waals surface area (Å²) < 4.78 is 82.2. The van der Waals surface area contributed by atoms with Crippen LogP contribution in [0, 0.1) is 23.2 Å². The van der Waals surface area contributed by atoms with Crippen molar-refractivity contribution in [1.29, 1.82) is 5.26 Å². The van der Waals surface area contributed by atoms with Crippen molar-refractivity contribution in [3.05, 3.63) is 71.3 Å². The molecule has 222 valence electrons. The van der Waals surface area contributed by atoms with E-state index in [1.807, 2.05) is 18.2 Å². The predicted octanol–water partition coefficient (Wildman–Crippen LogP) is 9.51. The minimum absolute atomic E-state index is 0.0576. The number of alkyl halides is 6. The van der Waals surface area contributed by atoms with Gasteiger partial charge in [-0.25, -0.2) is 0 Å². The summed E-state index contributed by atoms with van der Waals surface area (Å²) in [6, 6.07) is 19.2. The van der Waals surface area contributed by atoms with Crippen molar-refractivity contribution in [1.82, 2.24) is 4.90 Å². The number of halogens is 6. The molecule has 1 fully saturated rings. The first-order valence-electron chi connectivity index (χ1n) is 14.2. The van der Waals surface area contributed by atoms with E-state index in [1.165, 1.54) is 24.6 Å². The molecule has 2 aromatic carbocycles. The van der Waals surface area contributed by atoms with Crippen LogP contribution in [0.4, 0.5) is 26.3 Å².